The Morgan fingerprint density at radius 1 is 1.48 bits per heavy atom. The summed E-state index contributed by atoms with van der Waals surface area (Å²) in [5, 5.41) is 4.04. The first kappa shape index (κ1) is 15.6. The van der Waals surface area contributed by atoms with Gasteiger partial charge in [-0.2, -0.15) is 0 Å². The second-order valence-corrected chi connectivity index (χ2v) is 6.94. The fraction of sp³-hybridized carbons (Fsp3) is 0.211. The zero-order chi connectivity index (χ0) is 17.4. The summed E-state index contributed by atoms with van der Waals surface area (Å²) in [6.45, 7) is 2.46. The molecule has 0 fully saturated rings. The number of aromatic nitrogens is 3. The topological polar surface area (TPSA) is 59.8 Å². The highest BCUT2D eigenvalue weighted by Gasteiger charge is 2.18. The van der Waals surface area contributed by atoms with Crippen molar-refractivity contribution in [1.82, 2.24) is 14.5 Å². The predicted molar refractivity (Wildman–Crippen MR) is 103 cm³/mol. The van der Waals surface area contributed by atoms with Gasteiger partial charge in [-0.1, -0.05) is 29.7 Å². The molecule has 1 aliphatic rings. The van der Waals surface area contributed by atoms with E-state index in [0.29, 0.717) is 16.8 Å². The second kappa shape index (κ2) is 6.19. The highest BCUT2D eigenvalue weighted by molar-refractivity contribution is 7.25. The van der Waals surface area contributed by atoms with E-state index >= 15 is 0 Å². The third-order valence-corrected chi connectivity index (χ3v) is 5.38. The maximum absolute atomic E-state index is 13.0. The van der Waals surface area contributed by atoms with E-state index in [2.05, 4.69) is 40.3 Å². The molecule has 0 amide bonds. The van der Waals surface area contributed by atoms with E-state index in [1.165, 1.54) is 16.9 Å². The Morgan fingerprint density at radius 2 is 2.36 bits per heavy atom. The van der Waals surface area contributed by atoms with Crippen LogP contribution in [0.2, 0.25) is 0 Å². The molecule has 25 heavy (non-hydrogen) atoms. The summed E-state index contributed by atoms with van der Waals surface area (Å²) in [5.74, 6) is 2.56. The number of thiophene rings is 1. The summed E-state index contributed by atoms with van der Waals surface area (Å²) in [4.78, 5) is 22.8. The Hall–Kier alpha value is -2.91. The fourth-order valence-corrected chi connectivity index (χ4v) is 4.08. The highest BCUT2D eigenvalue weighted by atomic mass is 32.1. The van der Waals surface area contributed by atoms with Gasteiger partial charge in [0, 0.05) is 11.9 Å². The van der Waals surface area contributed by atoms with E-state index in [-0.39, 0.29) is 11.6 Å². The first-order chi connectivity index (χ1) is 12.2. The Labute approximate surface area is 148 Å². The molecule has 0 radical (unpaired) electrons. The highest BCUT2D eigenvalue weighted by Crippen LogP contribution is 2.34. The largest absolute Gasteiger partial charge is 0.373 e. The van der Waals surface area contributed by atoms with Crippen LogP contribution in [0.15, 0.2) is 47.2 Å². The van der Waals surface area contributed by atoms with E-state index < -0.39 is 0 Å². The second-order valence-electron chi connectivity index (χ2n) is 5.94. The molecule has 0 saturated heterocycles. The summed E-state index contributed by atoms with van der Waals surface area (Å²) in [6, 6.07) is 1.86. The zero-order valence-corrected chi connectivity index (χ0v) is 14.5. The van der Waals surface area contributed by atoms with E-state index in [4.69, 9.17) is 6.42 Å². The van der Waals surface area contributed by atoms with E-state index in [1.807, 2.05) is 12.1 Å². The maximum Gasteiger partial charge on any atom is 0.271 e. The van der Waals surface area contributed by atoms with Crippen LogP contribution in [-0.4, -0.2) is 21.1 Å². The molecule has 0 saturated carbocycles. The third kappa shape index (κ3) is 2.63. The Balaban J connectivity index is 1.88. The van der Waals surface area contributed by atoms with Crippen molar-refractivity contribution in [3.05, 3.63) is 52.7 Å². The molecule has 3 aromatic heterocycles. The number of hydrogen-bond donors (Lipinski definition) is 1. The van der Waals surface area contributed by atoms with Crippen LogP contribution in [-0.2, 0) is 0 Å². The smallest absolute Gasteiger partial charge is 0.271 e. The van der Waals surface area contributed by atoms with Gasteiger partial charge in [0.25, 0.3) is 5.56 Å². The monoisotopic (exact) mass is 348 g/mol. The van der Waals surface area contributed by atoms with Crippen LogP contribution < -0.4 is 10.9 Å². The van der Waals surface area contributed by atoms with E-state index in [1.54, 1.807) is 17.1 Å². The molecule has 1 unspecified atom stereocenters. The van der Waals surface area contributed by atoms with Crippen LogP contribution in [0.5, 0.6) is 0 Å². The van der Waals surface area contributed by atoms with Gasteiger partial charge in [-0.25, -0.2) is 9.97 Å². The Morgan fingerprint density at radius 3 is 3.12 bits per heavy atom. The van der Waals surface area contributed by atoms with E-state index in [0.717, 1.165) is 22.3 Å². The number of terminal acetylenes is 1. The van der Waals surface area contributed by atoms with Crippen molar-refractivity contribution in [2.24, 2.45) is 0 Å². The molecule has 1 aliphatic carbocycles. The SMILES string of the molecule is C#CCNc1ccnc2sc3c(=O)n(C4C=CC(C)=CC4)cnc3c12. The summed E-state index contributed by atoms with van der Waals surface area (Å²) in [5.41, 5.74) is 2.72. The van der Waals surface area contributed by atoms with Crippen molar-refractivity contribution in [2.75, 3.05) is 11.9 Å². The van der Waals surface area contributed by atoms with Gasteiger partial charge in [0.05, 0.1) is 29.8 Å². The number of nitrogens with one attached hydrogen (secondary N) is 1. The summed E-state index contributed by atoms with van der Waals surface area (Å²) in [6.07, 6.45) is 15.7. The van der Waals surface area contributed by atoms with Crippen molar-refractivity contribution >= 4 is 37.5 Å². The quantitative estimate of drug-likeness (QED) is 0.736. The molecule has 0 aromatic carbocycles. The van der Waals surface area contributed by atoms with Crippen LogP contribution in [0.3, 0.4) is 0 Å². The lowest BCUT2D eigenvalue weighted by molar-refractivity contribution is 0.579. The summed E-state index contributed by atoms with van der Waals surface area (Å²) >= 11 is 1.38. The zero-order valence-electron chi connectivity index (χ0n) is 13.7. The average Bonchev–Trinajstić information content (AvgIpc) is 3.01. The normalized spacial score (nSPS) is 16.8. The Bertz CT molecular complexity index is 1130. The number of rotatable bonds is 3. The van der Waals surface area contributed by atoms with Gasteiger partial charge >= 0.3 is 0 Å². The van der Waals surface area contributed by atoms with Crippen molar-refractivity contribution < 1.29 is 0 Å². The minimum atomic E-state index is -0.0292. The number of nitrogens with zero attached hydrogens (tertiary/aromatic N) is 3. The predicted octanol–water partition coefficient (Wildman–Crippen LogP) is 3.50. The minimum Gasteiger partial charge on any atom is -0.373 e. The molecule has 5 nitrogen and oxygen atoms in total. The molecule has 0 spiro atoms. The minimum absolute atomic E-state index is 0.00491. The maximum atomic E-state index is 13.0. The molecule has 1 atom stereocenters. The van der Waals surface area contributed by atoms with Crippen LogP contribution in [0.1, 0.15) is 19.4 Å². The van der Waals surface area contributed by atoms with E-state index in [9.17, 15) is 4.79 Å². The van der Waals surface area contributed by atoms with Crippen molar-refractivity contribution in [3.63, 3.8) is 0 Å². The lowest BCUT2D eigenvalue weighted by Crippen LogP contribution is -2.24. The van der Waals surface area contributed by atoms with Gasteiger partial charge < -0.3 is 5.32 Å². The third-order valence-electron chi connectivity index (χ3n) is 4.31. The van der Waals surface area contributed by atoms with Gasteiger partial charge in [-0.15, -0.1) is 17.8 Å². The lowest BCUT2D eigenvalue weighted by Gasteiger charge is -2.17. The number of fused-ring (bicyclic) bond motifs is 3. The number of allylic oxidation sites excluding steroid dienone is 4. The lowest BCUT2D eigenvalue weighted by atomic mass is 10.0. The molecule has 4 rings (SSSR count). The van der Waals surface area contributed by atoms with Gasteiger partial charge in [-0.3, -0.25) is 9.36 Å². The fourth-order valence-electron chi connectivity index (χ4n) is 3.02. The molecule has 6 heteroatoms. The molecule has 0 aliphatic heterocycles. The standard InChI is InChI=1S/C19H16N4OS/c1-3-9-20-14-8-10-21-18-15(14)16-17(25-18)19(24)23(11-22-16)13-6-4-12(2)5-7-13/h1,4-6,8,10-11,13H,7,9H2,2H3,(H,20,21). The van der Waals surface area contributed by atoms with Crippen LogP contribution in [0.4, 0.5) is 5.69 Å². The molecule has 124 valence electrons. The molecule has 0 bridgehead atoms. The van der Waals surface area contributed by atoms with Crippen molar-refractivity contribution in [2.45, 2.75) is 19.4 Å². The van der Waals surface area contributed by atoms with Crippen LogP contribution >= 0.6 is 11.3 Å². The molecular formula is C19H16N4OS. The number of hydrogen-bond acceptors (Lipinski definition) is 5. The van der Waals surface area contributed by atoms with Gasteiger partial charge in [0.2, 0.25) is 0 Å². The van der Waals surface area contributed by atoms with Crippen LogP contribution in [0.25, 0.3) is 20.4 Å². The molecular weight excluding hydrogens is 332 g/mol. The van der Waals surface area contributed by atoms with Crippen molar-refractivity contribution in [3.8, 4) is 12.3 Å². The number of pyridine rings is 1. The van der Waals surface area contributed by atoms with Gasteiger partial charge in [-0.05, 0) is 19.4 Å². The van der Waals surface area contributed by atoms with Crippen molar-refractivity contribution in [1.29, 1.82) is 0 Å². The summed E-state index contributed by atoms with van der Waals surface area (Å²) in [7, 11) is 0. The van der Waals surface area contributed by atoms with Gasteiger partial charge in [0.1, 0.15) is 9.53 Å². The molecule has 1 N–H and O–H groups in total. The first-order valence-corrected chi connectivity index (χ1v) is 8.81. The number of anilines is 1. The first-order valence-electron chi connectivity index (χ1n) is 7.99. The average molecular weight is 348 g/mol. The van der Waals surface area contributed by atoms with Gasteiger partial charge in [0.15, 0.2) is 0 Å². The molecule has 3 heterocycles. The van der Waals surface area contributed by atoms with Crippen LogP contribution in [0, 0.1) is 12.3 Å². The molecule has 3 aromatic rings. The Kier molecular flexibility index (Phi) is 3.86. The summed E-state index contributed by atoms with van der Waals surface area (Å²) < 4.78 is 2.32.